The van der Waals surface area contributed by atoms with Crippen LogP contribution < -0.4 is 4.74 Å². The van der Waals surface area contributed by atoms with Gasteiger partial charge in [0.05, 0.1) is 7.11 Å². The summed E-state index contributed by atoms with van der Waals surface area (Å²) >= 11 is 0. The molecule has 0 aliphatic carbocycles. The second kappa shape index (κ2) is 6.66. The van der Waals surface area contributed by atoms with Crippen LogP contribution in [0.3, 0.4) is 0 Å². The molecular formula is C19H16FNO3. The van der Waals surface area contributed by atoms with E-state index >= 15 is 0 Å². The third-order valence-corrected chi connectivity index (χ3v) is 3.61. The zero-order valence-corrected chi connectivity index (χ0v) is 13.4. The summed E-state index contributed by atoms with van der Waals surface area (Å²) in [6.07, 6.45) is 1.97. The van der Waals surface area contributed by atoms with Crippen LogP contribution in [-0.2, 0) is 16.0 Å². The zero-order valence-electron chi connectivity index (χ0n) is 13.4. The molecular weight excluding hydrogens is 309 g/mol. The van der Waals surface area contributed by atoms with Crippen LogP contribution in [-0.4, -0.2) is 19.0 Å². The largest absolute Gasteiger partial charge is 0.496 e. The Balaban J connectivity index is 1.86. The van der Waals surface area contributed by atoms with Crippen molar-refractivity contribution in [3.05, 3.63) is 70.7 Å². The molecule has 24 heavy (non-hydrogen) atoms. The van der Waals surface area contributed by atoms with Crippen molar-refractivity contribution < 1.29 is 18.7 Å². The average Bonchev–Trinajstić information content (AvgIpc) is 2.89. The molecule has 0 bridgehead atoms. The van der Waals surface area contributed by atoms with E-state index in [1.807, 2.05) is 25.1 Å². The minimum atomic E-state index is -0.504. The van der Waals surface area contributed by atoms with Crippen molar-refractivity contribution in [1.29, 1.82) is 0 Å². The minimum absolute atomic E-state index is 0.219. The van der Waals surface area contributed by atoms with E-state index in [4.69, 9.17) is 9.47 Å². The predicted molar refractivity (Wildman–Crippen MR) is 89.3 cm³/mol. The Hall–Kier alpha value is -2.95. The standard InChI is InChI=1S/C19H16FNO3/c1-12-3-8-17(23-2)14(9-12)11-16-19(22)24-18(21-16)10-13-4-6-15(20)7-5-13/h3-9,11H,10H2,1-2H3/b16-11+. The number of cyclic esters (lactones) is 1. The van der Waals surface area contributed by atoms with Gasteiger partial charge in [-0.1, -0.05) is 23.8 Å². The van der Waals surface area contributed by atoms with Gasteiger partial charge < -0.3 is 9.47 Å². The second-order valence-electron chi connectivity index (χ2n) is 5.47. The van der Waals surface area contributed by atoms with E-state index in [1.54, 1.807) is 25.3 Å². The summed E-state index contributed by atoms with van der Waals surface area (Å²) in [7, 11) is 1.57. The molecule has 0 atom stereocenters. The first-order valence-corrected chi connectivity index (χ1v) is 7.45. The number of hydrogen-bond acceptors (Lipinski definition) is 4. The quantitative estimate of drug-likeness (QED) is 0.636. The van der Waals surface area contributed by atoms with Crippen molar-refractivity contribution in [2.75, 3.05) is 7.11 Å². The molecule has 0 saturated heterocycles. The normalized spacial score (nSPS) is 15.4. The fraction of sp³-hybridized carbons (Fsp3) is 0.158. The molecule has 0 amide bonds. The van der Waals surface area contributed by atoms with E-state index in [-0.39, 0.29) is 11.5 Å². The van der Waals surface area contributed by atoms with Gasteiger partial charge in [0.25, 0.3) is 0 Å². The molecule has 0 spiro atoms. The maximum Gasteiger partial charge on any atom is 0.363 e. The molecule has 0 fully saturated rings. The number of carbonyl (C=O) groups is 1. The lowest BCUT2D eigenvalue weighted by atomic mass is 10.1. The maximum absolute atomic E-state index is 12.9. The first kappa shape index (κ1) is 15.9. The van der Waals surface area contributed by atoms with Crippen molar-refractivity contribution in [2.24, 2.45) is 4.99 Å². The summed E-state index contributed by atoms with van der Waals surface area (Å²) in [6, 6.07) is 11.7. The number of methoxy groups -OCH3 is 1. The lowest BCUT2D eigenvalue weighted by molar-refractivity contribution is -0.130. The molecule has 0 radical (unpaired) electrons. The number of ether oxygens (including phenoxy) is 2. The Morgan fingerprint density at radius 1 is 1.21 bits per heavy atom. The van der Waals surface area contributed by atoms with Crippen molar-refractivity contribution in [1.82, 2.24) is 0 Å². The van der Waals surface area contributed by atoms with Crippen LogP contribution in [0.2, 0.25) is 0 Å². The zero-order chi connectivity index (χ0) is 17.1. The molecule has 2 aromatic rings. The number of benzene rings is 2. The third kappa shape index (κ3) is 3.51. The number of esters is 1. The number of hydrogen-bond donors (Lipinski definition) is 0. The lowest BCUT2D eigenvalue weighted by Crippen LogP contribution is -2.06. The Morgan fingerprint density at radius 2 is 1.96 bits per heavy atom. The lowest BCUT2D eigenvalue weighted by Gasteiger charge is -2.05. The molecule has 0 unspecified atom stereocenters. The number of halogens is 1. The smallest absolute Gasteiger partial charge is 0.363 e. The highest BCUT2D eigenvalue weighted by molar-refractivity contribution is 6.07. The van der Waals surface area contributed by atoms with Gasteiger partial charge >= 0.3 is 5.97 Å². The molecule has 2 aromatic carbocycles. The SMILES string of the molecule is COc1ccc(C)cc1/C=C1/N=C(Cc2ccc(F)cc2)OC1=O. The number of carbonyl (C=O) groups excluding carboxylic acids is 1. The van der Waals surface area contributed by atoms with Crippen LogP contribution in [0.5, 0.6) is 5.75 Å². The Morgan fingerprint density at radius 3 is 2.67 bits per heavy atom. The van der Waals surface area contributed by atoms with Crippen LogP contribution in [0.15, 0.2) is 53.2 Å². The van der Waals surface area contributed by atoms with E-state index in [1.165, 1.54) is 12.1 Å². The molecule has 3 rings (SSSR count). The highest BCUT2D eigenvalue weighted by atomic mass is 19.1. The number of aryl methyl sites for hydroxylation is 1. The van der Waals surface area contributed by atoms with Crippen LogP contribution in [0.25, 0.3) is 6.08 Å². The fourth-order valence-electron chi connectivity index (χ4n) is 2.42. The Kier molecular flexibility index (Phi) is 4.42. The van der Waals surface area contributed by atoms with E-state index in [2.05, 4.69) is 4.99 Å². The fourth-order valence-corrected chi connectivity index (χ4v) is 2.42. The van der Waals surface area contributed by atoms with Crippen molar-refractivity contribution >= 4 is 17.9 Å². The predicted octanol–water partition coefficient (Wildman–Crippen LogP) is 3.68. The van der Waals surface area contributed by atoms with Gasteiger partial charge in [-0.25, -0.2) is 14.2 Å². The summed E-state index contributed by atoms with van der Waals surface area (Å²) in [5.41, 5.74) is 2.84. The summed E-state index contributed by atoms with van der Waals surface area (Å²) in [6.45, 7) is 1.96. The van der Waals surface area contributed by atoms with Gasteiger partial charge in [0.1, 0.15) is 11.6 Å². The summed E-state index contributed by atoms with van der Waals surface area (Å²) in [5, 5.41) is 0. The van der Waals surface area contributed by atoms with Gasteiger partial charge in [0, 0.05) is 12.0 Å². The third-order valence-electron chi connectivity index (χ3n) is 3.61. The molecule has 1 aliphatic rings. The van der Waals surface area contributed by atoms with Crippen molar-refractivity contribution in [3.8, 4) is 5.75 Å². The molecule has 0 saturated carbocycles. The summed E-state index contributed by atoms with van der Waals surface area (Å²) in [5.74, 6) is 0.138. The van der Waals surface area contributed by atoms with Crippen LogP contribution in [0, 0.1) is 12.7 Å². The monoisotopic (exact) mass is 325 g/mol. The number of aliphatic imine (C=N–C) groups is 1. The van der Waals surface area contributed by atoms with Crippen molar-refractivity contribution in [2.45, 2.75) is 13.3 Å². The highest BCUT2D eigenvalue weighted by Crippen LogP contribution is 2.25. The first-order valence-electron chi connectivity index (χ1n) is 7.45. The van der Waals surface area contributed by atoms with Crippen LogP contribution >= 0.6 is 0 Å². The number of nitrogens with zero attached hydrogens (tertiary/aromatic N) is 1. The van der Waals surface area contributed by atoms with E-state index < -0.39 is 5.97 Å². The van der Waals surface area contributed by atoms with Crippen LogP contribution in [0.1, 0.15) is 16.7 Å². The Bertz CT molecular complexity index is 838. The molecule has 0 aromatic heterocycles. The molecule has 5 heteroatoms. The van der Waals surface area contributed by atoms with Gasteiger partial charge in [0.15, 0.2) is 5.70 Å². The maximum atomic E-state index is 12.9. The van der Waals surface area contributed by atoms with Crippen molar-refractivity contribution in [3.63, 3.8) is 0 Å². The van der Waals surface area contributed by atoms with Gasteiger partial charge in [-0.3, -0.25) is 0 Å². The van der Waals surface area contributed by atoms with Gasteiger partial charge in [-0.15, -0.1) is 0 Å². The molecule has 1 aliphatic heterocycles. The second-order valence-corrected chi connectivity index (χ2v) is 5.47. The number of rotatable bonds is 4. The van der Waals surface area contributed by atoms with E-state index in [0.29, 0.717) is 18.1 Å². The first-order chi connectivity index (χ1) is 11.5. The van der Waals surface area contributed by atoms with E-state index in [9.17, 15) is 9.18 Å². The van der Waals surface area contributed by atoms with Crippen LogP contribution in [0.4, 0.5) is 4.39 Å². The molecule has 122 valence electrons. The topological polar surface area (TPSA) is 47.9 Å². The highest BCUT2D eigenvalue weighted by Gasteiger charge is 2.23. The average molecular weight is 325 g/mol. The summed E-state index contributed by atoms with van der Waals surface area (Å²) in [4.78, 5) is 16.3. The van der Waals surface area contributed by atoms with Gasteiger partial charge in [-0.2, -0.15) is 0 Å². The molecule has 1 heterocycles. The summed E-state index contributed by atoms with van der Waals surface area (Å²) < 4.78 is 23.4. The Labute approximate surface area is 139 Å². The van der Waals surface area contributed by atoms with Gasteiger partial charge in [-0.05, 0) is 42.8 Å². The minimum Gasteiger partial charge on any atom is -0.496 e. The van der Waals surface area contributed by atoms with Gasteiger partial charge in [0.2, 0.25) is 5.90 Å². The molecule has 4 nitrogen and oxygen atoms in total. The molecule has 0 N–H and O–H groups in total. The van der Waals surface area contributed by atoms with E-state index in [0.717, 1.165) is 16.7 Å².